The van der Waals surface area contributed by atoms with Crippen molar-refractivity contribution in [3.8, 4) is 0 Å². The highest BCUT2D eigenvalue weighted by atomic mass is 19.1. The molecule has 0 atom stereocenters. The van der Waals surface area contributed by atoms with Gasteiger partial charge in [0.05, 0.1) is 5.60 Å². The molecule has 18 heavy (non-hydrogen) atoms. The number of halogens is 2. The van der Waals surface area contributed by atoms with Gasteiger partial charge in [-0.15, -0.1) is 0 Å². The van der Waals surface area contributed by atoms with E-state index >= 15 is 0 Å². The Morgan fingerprint density at radius 1 is 1.28 bits per heavy atom. The first-order valence-corrected chi connectivity index (χ1v) is 6.69. The van der Waals surface area contributed by atoms with Crippen LogP contribution in [0.1, 0.15) is 44.6 Å². The molecule has 1 nitrogen and oxygen atoms in total. The summed E-state index contributed by atoms with van der Waals surface area (Å²) in [5.74, 6) is -0.442. The molecule has 1 N–H and O–H groups in total. The SMILES string of the molecule is CCC1CCC(O)(Cc2ccc(F)cc2F)CC1. The Balaban J connectivity index is 2.04. The van der Waals surface area contributed by atoms with Crippen LogP contribution >= 0.6 is 0 Å². The summed E-state index contributed by atoms with van der Waals surface area (Å²) < 4.78 is 26.4. The van der Waals surface area contributed by atoms with E-state index in [4.69, 9.17) is 0 Å². The number of aliphatic hydroxyl groups is 1. The zero-order valence-corrected chi connectivity index (χ0v) is 10.8. The average molecular weight is 254 g/mol. The summed E-state index contributed by atoms with van der Waals surface area (Å²) in [6, 6.07) is 3.57. The van der Waals surface area contributed by atoms with Gasteiger partial charge in [-0.2, -0.15) is 0 Å². The molecule has 0 radical (unpaired) electrons. The molecule has 0 unspecified atom stereocenters. The molecule has 100 valence electrons. The van der Waals surface area contributed by atoms with E-state index in [0.29, 0.717) is 24.3 Å². The quantitative estimate of drug-likeness (QED) is 0.869. The van der Waals surface area contributed by atoms with E-state index in [9.17, 15) is 13.9 Å². The molecule has 1 fully saturated rings. The molecule has 1 aromatic carbocycles. The number of rotatable bonds is 3. The van der Waals surface area contributed by atoms with Crippen LogP contribution in [-0.2, 0) is 6.42 Å². The fraction of sp³-hybridized carbons (Fsp3) is 0.600. The molecule has 0 aliphatic heterocycles. The molecule has 1 aliphatic rings. The third kappa shape index (κ3) is 3.08. The van der Waals surface area contributed by atoms with Crippen molar-refractivity contribution in [3.05, 3.63) is 35.4 Å². The van der Waals surface area contributed by atoms with Crippen LogP contribution in [0.25, 0.3) is 0 Å². The first-order chi connectivity index (χ1) is 8.52. The van der Waals surface area contributed by atoms with Crippen molar-refractivity contribution in [2.75, 3.05) is 0 Å². The summed E-state index contributed by atoms with van der Waals surface area (Å²) >= 11 is 0. The lowest BCUT2D eigenvalue weighted by molar-refractivity contribution is -0.00986. The van der Waals surface area contributed by atoms with Gasteiger partial charge >= 0.3 is 0 Å². The third-order valence-corrected chi connectivity index (χ3v) is 4.15. The van der Waals surface area contributed by atoms with Gasteiger partial charge in [-0.3, -0.25) is 0 Å². The average Bonchev–Trinajstić information content (AvgIpc) is 2.34. The van der Waals surface area contributed by atoms with Crippen molar-refractivity contribution in [2.24, 2.45) is 5.92 Å². The smallest absolute Gasteiger partial charge is 0.129 e. The van der Waals surface area contributed by atoms with E-state index in [0.717, 1.165) is 25.3 Å². The Morgan fingerprint density at radius 3 is 2.50 bits per heavy atom. The standard InChI is InChI=1S/C15H20F2O/c1-2-11-5-7-15(18,8-6-11)10-12-3-4-13(16)9-14(12)17/h3-4,9,11,18H,2,5-8,10H2,1H3. The van der Waals surface area contributed by atoms with Gasteiger partial charge in [0.1, 0.15) is 11.6 Å². The van der Waals surface area contributed by atoms with E-state index in [1.807, 2.05) is 0 Å². The van der Waals surface area contributed by atoms with Crippen molar-refractivity contribution in [1.82, 2.24) is 0 Å². The molecule has 3 heteroatoms. The zero-order chi connectivity index (χ0) is 13.2. The molecular formula is C15H20F2O. The second kappa shape index (κ2) is 5.35. The summed E-state index contributed by atoms with van der Waals surface area (Å²) in [6.07, 6.45) is 4.84. The molecule has 0 saturated heterocycles. The monoisotopic (exact) mass is 254 g/mol. The Kier molecular flexibility index (Phi) is 4.00. The molecule has 1 aromatic rings. The Bertz CT molecular complexity index is 409. The first-order valence-electron chi connectivity index (χ1n) is 6.69. The van der Waals surface area contributed by atoms with Gasteiger partial charge in [-0.25, -0.2) is 8.78 Å². The van der Waals surface area contributed by atoms with Crippen LogP contribution in [0.4, 0.5) is 8.78 Å². The van der Waals surface area contributed by atoms with Crippen LogP contribution in [0.2, 0.25) is 0 Å². The molecule has 0 spiro atoms. The first kappa shape index (κ1) is 13.5. The topological polar surface area (TPSA) is 20.2 Å². The lowest BCUT2D eigenvalue weighted by Gasteiger charge is -2.36. The molecule has 0 bridgehead atoms. The highest BCUT2D eigenvalue weighted by Crippen LogP contribution is 2.36. The van der Waals surface area contributed by atoms with Crippen LogP contribution in [0.3, 0.4) is 0 Å². The van der Waals surface area contributed by atoms with Gasteiger partial charge in [0.2, 0.25) is 0 Å². The van der Waals surface area contributed by atoms with Gasteiger partial charge in [-0.1, -0.05) is 19.4 Å². The van der Waals surface area contributed by atoms with Crippen LogP contribution in [0.5, 0.6) is 0 Å². The fourth-order valence-corrected chi connectivity index (χ4v) is 2.82. The summed E-state index contributed by atoms with van der Waals surface area (Å²) in [4.78, 5) is 0. The summed E-state index contributed by atoms with van der Waals surface area (Å²) in [5.41, 5.74) is -0.404. The maximum Gasteiger partial charge on any atom is 0.129 e. The predicted octanol–water partition coefficient (Wildman–Crippen LogP) is 3.84. The molecule has 1 aliphatic carbocycles. The van der Waals surface area contributed by atoms with Gasteiger partial charge < -0.3 is 5.11 Å². The van der Waals surface area contributed by atoms with Crippen LogP contribution in [0.15, 0.2) is 18.2 Å². The van der Waals surface area contributed by atoms with E-state index in [-0.39, 0.29) is 6.42 Å². The minimum absolute atomic E-state index is 0.287. The van der Waals surface area contributed by atoms with Gasteiger partial charge in [0.25, 0.3) is 0 Å². The molecule has 0 heterocycles. The van der Waals surface area contributed by atoms with E-state index < -0.39 is 17.2 Å². The zero-order valence-electron chi connectivity index (χ0n) is 10.8. The Morgan fingerprint density at radius 2 is 1.94 bits per heavy atom. The fourth-order valence-electron chi connectivity index (χ4n) is 2.82. The second-order valence-corrected chi connectivity index (χ2v) is 5.49. The maximum atomic E-state index is 13.6. The van der Waals surface area contributed by atoms with E-state index in [1.165, 1.54) is 12.1 Å². The van der Waals surface area contributed by atoms with Crippen molar-refractivity contribution in [1.29, 1.82) is 0 Å². The van der Waals surface area contributed by atoms with Crippen molar-refractivity contribution in [2.45, 2.75) is 51.0 Å². The van der Waals surface area contributed by atoms with Crippen molar-refractivity contribution >= 4 is 0 Å². The minimum atomic E-state index is -0.815. The van der Waals surface area contributed by atoms with Gasteiger partial charge in [-0.05, 0) is 43.2 Å². The van der Waals surface area contributed by atoms with Crippen molar-refractivity contribution < 1.29 is 13.9 Å². The number of benzene rings is 1. The lowest BCUT2D eigenvalue weighted by Crippen LogP contribution is -2.36. The highest BCUT2D eigenvalue weighted by molar-refractivity contribution is 5.20. The number of hydrogen-bond donors (Lipinski definition) is 1. The lowest BCUT2D eigenvalue weighted by atomic mass is 9.75. The van der Waals surface area contributed by atoms with E-state index in [2.05, 4.69) is 6.92 Å². The maximum absolute atomic E-state index is 13.6. The third-order valence-electron chi connectivity index (χ3n) is 4.15. The largest absolute Gasteiger partial charge is 0.390 e. The van der Waals surface area contributed by atoms with Gasteiger partial charge in [0.15, 0.2) is 0 Å². The normalized spacial score (nSPS) is 28.3. The molecule has 1 saturated carbocycles. The predicted molar refractivity (Wildman–Crippen MR) is 67.3 cm³/mol. The van der Waals surface area contributed by atoms with E-state index in [1.54, 1.807) is 0 Å². The summed E-state index contributed by atoms with van der Waals surface area (Å²) in [5, 5.41) is 10.5. The van der Waals surface area contributed by atoms with Crippen LogP contribution in [0, 0.1) is 17.6 Å². The van der Waals surface area contributed by atoms with Crippen LogP contribution in [-0.4, -0.2) is 10.7 Å². The summed E-state index contributed by atoms with van der Waals surface area (Å²) in [7, 11) is 0. The van der Waals surface area contributed by atoms with Crippen molar-refractivity contribution in [3.63, 3.8) is 0 Å². The van der Waals surface area contributed by atoms with Gasteiger partial charge in [0, 0.05) is 12.5 Å². The molecule has 0 aromatic heterocycles. The summed E-state index contributed by atoms with van der Waals surface area (Å²) in [6.45, 7) is 2.16. The Hall–Kier alpha value is -0.960. The number of hydrogen-bond acceptors (Lipinski definition) is 1. The second-order valence-electron chi connectivity index (χ2n) is 5.49. The molecule has 2 rings (SSSR count). The minimum Gasteiger partial charge on any atom is -0.390 e. The Labute approximate surface area is 107 Å². The van der Waals surface area contributed by atoms with Crippen LogP contribution < -0.4 is 0 Å². The molecular weight excluding hydrogens is 234 g/mol. The molecule has 0 amide bonds. The highest BCUT2D eigenvalue weighted by Gasteiger charge is 2.33.